The molecule has 0 aliphatic heterocycles. The van der Waals surface area contributed by atoms with Crippen LogP contribution in [0.1, 0.15) is 0 Å². The van der Waals surface area contributed by atoms with Crippen LogP contribution in [-0.2, 0) is 0 Å². The van der Waals surface area contributed by atoms with Crippen LogP contribution in [0, 0.1) is 0 Å². The number of benzene rings is 6. The average Bonchev–Trinajstić information content (AvgIpc) is 2.90. The van der Waals surface area contributed by atoms with Crippen LogP contribution in [0.4, 0.5) is 0 Å². The quantitative estimate of drug-likeness (QED) is 0.275. The maximum Gasteiger partial charge on any atom is 0.143 e. The number of fused-ring (bicyclic) bond motifs is 2. The van der Waals surface area contributed by atoms with Gasteiger partial charge in [0.05, 0.1) is 0 Å². The highest BCUT2D eigenvalue weighted by Crippen LogP contribution is 2.45. The molecule has 0 aliphatic carbocycles. The van der Waals surface area contributed by atoms with Gasteiger partial charge in [-0.05, 0) is 34.0 Å². The standard InChI is InChI=1S/C32H22O/c1-3-11-23(12-4-1)29-21-19-25-15-7-9-17-27(25)31(29)33-32-28-18-10-8-16-26(28)20-22-30(32)24-13-5-2-6-14-24/h1-22H. The van der Waals surface area contributed by atoms with Crippen LogP contribution in [0.25, 0.3) is 43.8 Å². The molecule has 0 radical (unpaired) electrons. The summed E-state index contributed by atoms with van der Waals surface area (Å²) in [5.74, 6) is 1.76. The van der Waals surface area contributed by atoms with E-state index in [1.807, 2.05) is 12.1 Å². The molecule has 0 heterocycles. The van der Waals surface area contributed by atoms with Crippen LogP contribution < -0.4 is 4.74 Å². The molecule has 0 bridgehead atoms. The Morgan fingerprint density at radius 1 is 0.333 bits per heavy atom. The minimum absolute atomic E-state index is 0.882. The van der Waals surface area contributed by atoms with Crippen molar-refractivity contribution < 1.29 is 4.74 Å². The van der Waals surface area contributed by atoms with Gasteiger partial charge < -0.3 is 4.74 Å². The number of ether oxygens (including phenoxy) is 1. The predicted molar refractivity (Wildman–Crippen MR) is 139 cm³/mol. The van der Waals surface area contributed by atoms with Crippen LogP contribution in [0.15, 0.2) is 133 Å². The molecule has 6 aromatic rings. The fraction of sp³-hybridized carbons (Fsp3) is 0. The van der Waals surface area contributed by atoms with Gasteiger partial charge in [-0.1, -0.05) is 121 Å². The average molecular weight is 423 g/mol. The summed E-state index contributed by atoms with van der Waals surface area (Å²) in [6.07, 6.45) is 0. The maximum absolute atomic E-state index is 6.98. The van der Waals surface area contributed by atoms with Gasteiger partial charge in [0.25, 0.3) is 0 Å². The Bertz CT molecular complexity index is 1450. The number of rotatable bonds is 4. The van der Waals surface area contributed by atoms with E-state index in [4.69, 9.17) is 4.74 Å². The van der Waals surface area contributed by atoms with E-state index in [0.29, 0.717) is 0 Å². The van der Waals surface area contributed by atoms with Crippen molar-refractivity contribution in [3.63, 3.8) is 0 Å². The Balaban J connectivity index is 1.65. The van der Waals surface area contributed by atoms with Crippen molar-refractivity contribution in [2.75, 3.05) is 0 Å². The summed E-state index contributed by atoms with van der Waals surface area (Å²) in [4.78, 5) is 0. The van der Waals surface area contributed by atoms with Crippen LogP contribution in [0.5, 0.6) is 11.5 Å². The zero-order valence-electron chi connectivity index (χ0n) is 18.1. The van der Waals surface area contributed by atoms with E-state index in [1.165, 1.54) is 0 Å². The van der Waals surface area contributed by atoms with Gasteiger partial charge in [0.2, 0.25) is 0 Å². The lowest BCUT2D eigenvalue weighted by Crippen LogP contribution is -1.94. The first-order valence-electron chi connectivity index (χ1n) is 11.2. The summed E-state index contributed by atoms with van der Waals surface area (Å²) in [6, 6.07) is 46.5. The maximum atomic E-state index is 6.98. The second-order valence-electron chi connectivity index (χ2n) is 8.16. The molecule has 6 rings (SSSR count). The molecule has 0 spiro atoms. The monoisotopic (exact) mass is 422 g/mol. The van der Waals surface area contributed by atoms with Crippen molar-refractivity contribution in [3.05, 3.63) is 133 Å². The SMILES string of the molecule is c1ccc(-c2ccc3ccccc3c2Oc2c(-c3ccccc3)ccc3ccccc23)cc1. The zero-order valence-corrected chi connectivity index (χ0v) is 18.1. The van der Waals surface area contributed by atoms with Crippen molar-refractivity contribution in [2.45, 2.75) is 0 Å². The summed E-state index contributed by atoms with van der Waals surface area (Å²) in [6.45, 7) is 0. The van der Waals surface area contributed by atoms with E-state index in [1.54, 1.807) is 0 Å². The van der Waals surface area contributed by atoms with Gasteiger partial charge in [0.1, 0.15) is 11.5 Å². The van der Waals surface area contributed by atoms with E-state index in [-0.39, 0.29) is 0 Å². The Kier molecular flexibility index (Phi) is 4.86. The largest absolute Gasteiger partial charge is 0.455 e. The normalized spacial score (nSPS) is 11.0. The van der Waals surface area contributed by atoms with Gasteiger partial charge in [-0.3, -0.25) is 0 Å². The fourth-order valence-corrected chi connectivity index (χ4v) is 4.50. The Hall–Kier alpha value is -4.36. The molecule has 0 aliphatic rings. The van der Waals surface area contributed by atoms with E-state index >= 15 is 0 Å². The van der Waals surface area contributed by atoms with Crippen LogP contribution in [0.2, 0.25) is 0 Å². The highest BCUT2D eigenvalue weighted by molar-refractivity contribution is 5.99. The summed E-state index contributed by atoms with van der Waals surface area (Å²) < 4.78 is 6.98. The van der Waals surface area contributed by atoms with Crippen LogP contribution >= 0.6 is 0 Å². The molecular formula is C32H22O. The van der Waals surface area contributed by atoms with Crippen molar-refractivity contribution in [1.82, 2.24) is 0 Å². The minimum Gasteiger partial charge on any atom is -0.455 e. The van der Waals surface area contributed by atoms with Gasteiger partial charge in [0.15, 0.2) is 0 Å². The molecule has 6 aromatic carbocycles. The number of hydrogen-bond donors (Lipinski definition) is 0. The lowest BCUT2D eigenvalue weighted by molar-refractivity contribution is 0.497. The molecule has 0 saturated carbocycles. The third-order valence-electron chi connectivity index (χ3n) is 6.13. The molecule has 0 aromatic heterocycles. The first kappa shape index (κ1) is 19.3. The van der Waals surface area contributed by atoms with Crippen molar-refractivity contribution in [2.24, 2.45) is 0 Å². The molecule has 0 unspecified atom stereocenters. The lowest BCUT2D eigenvalue weighted by atomic mass is 9.98. The molecule has 0 saturated heterocycles. The van der Waals surface area contributed by atoms with Gasteiger partial charge >= 0.3 is 0 Å². The third kappa shape index (κ3) is 3.54. The molecule has 0 amide bonds. The molecule has 33 heavy (non-hydrogen) atoms. The zero-order chi connectivity index (χ0) is 22.0. The predicted octanol–water partition coefficient (Wildman–Crippen LogP) is 9.12. The van der Waals surface area contributed by atoms with Gasteiger partial charge in [0, 0.05) is 21.9 Å². The van der Waals surface area contributed by atoms with E-state index in [0.717, 1.165) is 55.3 Å². The van der Waals surface area contributed by atoms with E-state index in [9.17, 15) is 0 Å². The highest BCUT2D eigenvalue weighted by atomic mass is 16.5. The first-order valence-corrected chi connectivity index (χ1v) is 11.2. The molecule has 1 heteroatoms. The number of hydrogen-bond acceptors (Lipinski definition) is 1. The van der Waals surface area contributed by atoms with Gasteiger partial charge in [-0.15, -0.1) is 0 Å². The van der Waals surface area contributed by atoms with Crippen LogP contribution in [-0.4, -0.2) is 0 Å². The van der Waals surface area contributed by atoms with Crippen LogP contribution in [0.3, 0.4) is 0 Å². The Labute approximate surface area is 193 Å². The molecule has 156 valence electrons. The fourth-order valence-electron chi connectivity index (χ4n) is 4.50. The second kappa shape index (κ2) is 8.29. The summed E-state index contributed by atoms with van der Waals surface area (Å²) in [7, 11) is 0. The third-order valence-corrected chi connectivity index (χ3v) is 6.13. The minimum atomic E-state index is 0.882. The first-order chi connectivity index (χ1) is 16.4. The summed E-state index contributed by atoms with van der Waals surface area (Å²) >= 11 is 0. The molecule has 0 fully saturated rings. The van der Waals surface area contributed by atoms with Crippen molar-refractivity contribution in [1.29, 1.82) is 0 Å². The Morgan fingerprint density at radius 2 is 0.727 bits per heavy atom. The molecule has 0 N–H and O–H groups in total. The van der Waals surface area contributed by atoms with E-state index in [2.05, 4.69) is 121 Å². The van der Waals surface area contributed by atoms with Crippen molar-refractivity contribution in [3.8, 4) is 33.8 Å². The van der Waals surface area contributed by atoms with Crippen molar-refractivity contribution >= 4 is 21.5 Å². The molecule has 0 atom stereocenters. The smallest absolute Gasteiger partial charge is 0.143 e. The summed E-state index contributed by atoms with van der Waals surface area (Å²) in [5, 5.41) is 4.53. The van der Waals surface area contributed by atoms with Gasteiger partial charge in [-0.25, -0.2) is 0 Å². The molecule has 1 nitrogen and oxygen atoms in total. The van der Waals surface area contributed by atoms with Gasteiger partial charge in [-0.2, -0.15) is 0 Å². The second-order valence-corrected chi connectivity index (χ2v) is 8.16. The highest BCUT2D eigenvalue weighted by Gasteiger charge is 2.17. The topological polar surface area (TPSA) is 9.23 Å². The van der Waals surface area contributed by atoms with E-state index < -0.39 is 0 Å². The molecular weight excluding hydrogens is 400 g/mol. The summed E-state index contributed by atoms with van der Waals surface area (Å²) in [5.41, 5.74) is 4.45. The lowest BCUT2D eigenvalue weighted by Gasteiger charge is -2.19. The Morgan fingerprint density at radius 3 is 1.18 bits per heavy atom.